The van der Waals surface area contributed by atoms with Crippen LogP contribution in [0.25, 0.3) is 22.8 Å². The number of allylic oxidation sites excluding steroid dienone is 1. The van der Waals surface area contributed by atoms with Crippen LogP contribution in [-0.4, -0.2) is 25.5 Å². The first-order valence-electron chi connectivity index (χ1n) is 11.3. The van der Waals surface area contributed by atoms with Gasteiger partial charge in [-0.05, 0) is 59.9 Å². The summed E-state index contributed by atoms with van der Waals surface area (Å²) in [5, 5.41) is 4.41. The highest BCUT2D eigenvalue weighted by molar-refractivity contribution is 6.15. The number of nitrogens with two attached hydrogens (primary N) is 1. The van der Waals surface area contributed by atoms with Crippen molar-refractivity contribution in [3.05, 3.63) is 112 Å². The van der Waals surface area contributed by atoms with Gasteiger partial charge >= 0.3 is 0 Å². The fourth-order valence-corrected chi connectivity index (χ4v) is 4.64. The van der Waals surface area contributed by atoms with Crippen LogP contribution in [0.15, 0.2) is 78.5 Å². The number of ketones is 1. The number of nitrogens with one attached hydrogen (secondary N) is 1. The molecule has 0 atom stereocenters. The Kier molecular flexibility index (Phi) is 4.66. The van der Waals surface area contributed by atoms with E-state index in [1.165, 1.54) is 11.1 Å². The van der Waals surface area contributed by atoms with Gasteiger partial charge in [0.25, 0.3) is 0 Å². The van der Waals surface area contributed by atoms with Crippen molar-refractivity contribution >= 4 is 28.7 Å². The number of hydrogen-bond donors (Lipinski definition) is 2. The molecule has 2 aromatic heterocycles. The molecule has 1 aliphatic rings. The lowest BCUT2D eigenvalue weighted by molar-refractivity contribution is 0.103. The first-order chi connectivity index (χ1) is 16.5. The molecule has 0 fully saturated rings. The quantitative estimate of drug-likeness (QED) is 0.370. The third-order valence-electron chi connectivity index (χ3n) is 6.34. The zero-order chi connectivity index (χ0) is 23.2. The van der Waals surface area contributed by atoms with E-state index in [1.807, 2.05) is 37.3 Å². The van der Waals surface area contributed by atoms with Gasteiger partial charge in [0.05, 0.1) is 28.5 Å². The Morgan fingerprint density at radius 1 is 1.06 bits per heavy atom. The molecule has 0 aliphatic heterocycles. The number of Topliss-reactive ketones (excluding diaryl/α,β-unsaturated/α-hetero) is 1. The zero-order valence-electron chi connectivity index (χ0n) is 18.7. The molecule has 2 heterocycles. The number of aryl methyl sites for hydroxylation is 1. The van der Waals surface area contributed by atoms with Crippen molar-refractivity contribution in [3.8, 4) is 5.69 Å². The molecular formula is C28H23N5O. The van der Waals surface area contributed by atoms with Crippen LogP contribution in [0.4, 0.5) is 5.82 Å². The topological polar surface area (TPSA) is 89.6 Å². The number of carbonyl (C=O) groups excluding carboxylic acids is 1. The van der Waals surface area contributed by atoms with Gasteiger partial charge in [-0.1, -0.05) is 48.5 Å². The van der Waals surface area contributed by atoms with Crippen molar-refractivity contribution in [2.45, 2.75) is 19.8 Å². The molecule has 166 valence electrons. The van der Waals surface area contributed by atoms with Crippen LogP contribution < -0.4 is 5.73 Å². The molecular weight excluding hydrogens is 422 g/mol. The third-order valence-corrected chi connectivity index (χ3v) is 6.34. The fourth-order valence-electron chi connectivity index (χ4n) is 4.64. The average Bonchev–Trinajstić information content (AvgIpc) is 3.54. The van der Waals surface area contributed by atoms with Crippen molar-refractivity contribution in [1.82, 2.24) is 19.7 Å². The van der Waals surface area contributed by atoms with Crippen LogP contribution in [0.1, 0.15) is 38.4 Å². The second kappa shape index (κ2) is 7.85. The molecule has 1 aliphatic carbocycles. The van der Waals surface area contributed by atoms with Crippen molar-refractivity contribution in [1.29, 1.82) is 0 Å². The van der Waals surface area contributed by atoms with Gasteiger partial charge in [-0.2, -0.15) is 5.10 Å². The maximum atomic E-state index is 13.4. The lowest BCUT2D eigenvalue weighted by Gasteiger charge is -2.06. The van der Waals surface area contributed by atoms with Crippen LogP contribution in [0.2, 0.25) is 0 Å². The van der Waals surface area contributed by atoms with Gasteiger partial charge in [-0.15, -0.1) is 0 Å². The Morgan fingerprint density at radius 3 is 2.76 bits per heavy atom. The number of aromatic nitrogens is 4. The van der Waals surface area contributed by atoms with E-state index in [0.29, 0.717) is 17.8 Å². The molecule has 0 bridgehead atoms. The lowest BCUT2D eigenvalue weighted by Crippen LogP contribution is -2.08. The lowest BCUT2D eigenvalue weighted by atomic mass is 10.00. The molecule has 6 rings (SSSR count). The van der Waals surface area contributed by atoms with Crippen LogP contribution in [0.5, 0.6) is 0 Å². The Balaban J connectivity index is 1.27. The third kappa shape index (κ3) is 3.49. The minimum Gasteiger partial charge on any atom is -0.383 e. The summed E-state index contributed by atoms with van der Waals surface area (Å²) in [6.07, 6.45) is 5.02. The van der Waals surface area contributed by atoms with Gasteiger partial charge in [-0.25, -0.2) is 9.67 Å². The highest BCUT2D eigenvalue weighted by Gasteiger charge is 2.24. The molecule has 34 heavy (non-hydrogen) atoms. The summed E-state index contributed by atoms with van der Waals surface area (Å²) in [6, 6.07) is 22.6. The number of benzene rings is 3. The zero-order valence-corrected chi connectivity index (χ0v) is 18.7. The summed E-state index contributed by atoms with van der Waals surface area (Å²) in [5.74, 6) is 1.10. The normalized spacial score (nSPS) is 12.7. The van der Waals surface area contributed by atoms with Gasteiger partial charge in [0.2, 0.25) is 0 Å². The number of hydrogen-bond acceptors (Lipinski definition) is 4. The molecule has 6 heteroatoms. The Morgan fingerprint density at radius 2 is 1.91 bits per heavy atom. The molecule has 5 aromatic rings. The molecule has 3 N–H and O–H groups in total. The molecule has 0 saturated carbocycles. The number of imidazole rings is 1. The van der Waals surface area contributed by atoms with Gasteiger partial charge in [0.15, 0.2) is 5.78 Å². The highest BCUT2D eigenvalue weighted by Crippen LogP contribution is 2.30. The average molecular weight is 446 g/mol. The molecule has 0 spiro atoms. The second-order valence-electron chi connectivity index (χ2n) is 8.75. The largest absolute Gasteiger partial charge is 0.383 e. The van der Waals surface area contributed by atoms with E-state index in [1.54, 1.807) is 10.9 Å². The summed E-state index contributed by atoms with van der Waals surface area (Å²) in [4.78, 5) is 21.0. The Bertz CT molecular complexity index is 1590. The maximum Gasteiger partial charge on any atom is 0.194 e. The van der Waals surface area contributed by atoms with E-state index in [2.05, 4.69) is 57.5 Å². The summed E-state index contributed by atoms with van der Waals surface area (Å²) in [5.41, 5.74) is 14.9. The van der Waals surface area contributed by atoms with E-state index >= 15 is 0 Å². The number of anilines is 1. The minimum absolute atomic E-state index is 0.0805. The fraction of sp³-hybridized carbons (Fsp3) is 0.107. The van der Waals surface area contributed by atoms with E-state index in [4.69, 9.17) is 5.73 Å². The number of rotatable bonds is 5. The second-order valence-corrected chi connectivity index (χ2v) is 8.75. The Labute approximate surface area is 196 Å². The van der Waals surface area contributed by atoms with Crippen LogP contribution in [0.3, 0.4) is 0 Å². The number of carbonyl (C=O) groups is 1. The first-order valence-corrected chi connectivity index (χ1v) is 11.3. The van der Waals surface area contributed by atoms with Gasteiger partial charge in [0, 0.05) is 12.0 Å². The highest BCUT2D eigenvalue weighted by atomic mass is 16.1. The molecule has 0 amide bonds. The van der Waals surface area contributed by atoms with E-state index in [9.17, 15) is 4.79 Å². The SMILES string of the molecule is Cc1nc2ccc(-n3ncc(C(=O)C4=Cc5cc(Cc6ccccc6)ccc5C4)c3N)cc2[nH]1. The van der Waals surface area contributed by atoms with E-state index in [-0.39, 0.29) is 5.78 Å². The number of nitrogens with zero attached hydrogens (tertiary/aromatic N) is 3. The minimum atomic E-state index is -0.0805. The van der Waals surface area contributed by atoms with Crippen LogP contribution in [-0.2, 0) is 12.8 Å². The van der Waals surface area contributed by atoms with Crippen molar-refractivity contribution in [3.63, 3.8) is 0 Å². The molecule has 0 saturated heterocycles. The Hall–Kier alpha value is -4.45. The summed E-state index contributed by atoms with van der Waals surface area (Å²) >= 11 is 0. The maximum absolute atomic E-state index is 13.4. The van der Waals surface area contributed by atoms with E-state index in [0.717, 1.165) is 45.7 Å². The predicted molar refractivity (Wildman–Crippen MR) is 134 cm³/mol. The standard InChI is InChI=1S/C28H23N5O/c1-17-31-25-10-9-23(15-26(25)32-17)33-28(29)24(16-30-33)27(34)22-13-20-8-7-19(12-21(20)14-22)11-18-5-3-2-4-6-18/h2-10,12,14-16H,11,13,29H2,1H3,(H,31,32). The monoisotopic (exact) mass is 445 g/mol. The number of nitrogen functional groups attached to an aromatic ring is 1. The summed E-state index contributed by atoms with van der Waals surface area (Å²) in [6.45, 7) is 1.91. The van der Waals surface area contributed by atoms with Crippen LogP contribution in [0, 0.1) is 6.92 Å². The number of aromatic amines is 1. The molecule has 0 unspecified atom stereocenters. The molecule has 0 radical (unpaired) electrons. The summed E-state index contributed by atoms with van der Waals surface area (Å²) < 4.78 is 1.60. The van der Waals surface area contributed by atoms with Gasteiger partial charge in [-0.3, -0.25) is 4.79 Å². The number of H-pyrrole nitrogens is 1. The van der Waals surface area contributed by atoms with Crippen LogP contribution >= 0.6 is 0 Å². The number of fused-ring (bicyclic) bond motifs is 2. The molecule has 6 nitrogen and oxygen atoms in total. The predicted octanol–water partition coefficient (Wildman–Crippen LogP) is 5.05. The van der Waals surface area contributed by atoms with Crippen molar-refractivity contribution < 1.29 is 4.79 Å². The summed E-state index contributed by atoms with van der Waals surface area (Å²) in [7, 11) is 0. The first kappa shape index (κ1) is 20.2. The van der Waals surface area contributed by atoms with Crippen molar-refractivity contribution in [2.24, 2.45) is 0 Å². The van der Waals surface area contributed by atoms with E-state index < -0.39 is 0 Å². The smallest absolute Gasteiger partial charge is 0.194 e. The van der Waals surface area contributed by atoms with Gasteiger partial charge in [0.1, 0.15) is 11.6 Å². The van der Waals surface area contributed by atoms with Crippen molar-refractivity contribution in [2.75, 3.05) is 5.73 Å². The molecule has 3 aromatic carbocycles. The van der Waals surface area contributed by atoms with Gasteiger partial charge < -0.3 is 10.7 Å².